The van der Waals surface area contributed by atoms with E-state index in [1.54, 1.807) is 0 Å². The van der Waals surface area contributed by atoms with Crippen LogP contribution in [0.3, 0.4) is 0 Å². The van der Waals surface area contributed by atoms with E-state index in [-0.39, 0.29) is 11.6 Å². The fraction of sp³-hybridized carbons (Fsp3) is 0.0769. The van der Waals surface area contributed by atoms with Gasteiger partial charge in [0, 0.05) is 6.20 Å². The number of nitrogens with one attached hydrogen (secondary N) is 1. The third-order valence-electron chi connectivity index (χ3n) is 2.75. The summed E-state index contributed by atoms with van der Waals surface area (Å²) in [6, 6.07) is 4.12. The number of benzene rings is 1. The van der Waals surface area contributed by atoms with E-state index in [0.29, 0.717) is 12.1 Å². The lowest BCUT2D eigenvalue weighted by Crippen LogP contribution is -2.16. The lowest BCUT2D eigenvalue weighted by molar-refractivity contribution is 0.0691. The number of carboxylic acids is 1. The highest BCUT2D eigenvalue weighted by Gasteiger charge is 2.24. The first-order chi connectivity index (χ1) is 10.8. The van der Waals surface area contributed by atoms with Crippen LogP contribution in [0.1, 0.15) is 10.4 Å². The zero-order valence-electron chi connectivity index (χ0n) is 11.6. The highest BCUT2D eigenvalue weighted by molar-refractivity contribution is 7.92. The Morgan fingerprint density at radius 2 is 2.13 bits per heavy atom. The standard InChI is InChI=1S/C13H10ClFN2O5S/c1-22-12-10(3-2-4-16-12)17-23(20,21)11-5-7(13(18)19)9(15)6-8(11)14/h2-6,17H,1H3,(H,18,19). The molecule has 0 aliphatic rings. The molecule has 0 fully saturated rings. The number of ether oxygens (including phenoxy) is 1. The second kappa shape index (κ2) is 6.39. The molecule has 0 radical (unpaired) electrons. The average molecular weight is 361 g/mol. The molecule has 10 heteroatoms. The molecule has 2 N–H and O–H groups in total. The second-order valence-corrected chi connectivity index (χ2v) is 6.29. The van der Waals surface area contributed by atoms with Gasteiger partial charge in [-0.3, -0.25) is 4.72 Å². The number of pyridine rings is 1. The summed E-state index contributed by atoms with van der Waals surface area (Å²) in [6.45, 7) is 0. The first kappa shape index (κ1) is 17.0. The quantitative estimate of drug-likeness (QED) is 0.848. The number of nitrogens with zero attached hydrogens (tertiary/aromatic N) is 1. The van der Waals surface area contributed by atoms with Crippen LogP contribution in [0.5, 0.6) is 5.88 Å². The summed E-state index contributed by atoms with van der Waals surface area (Å²) in [7, 11) is -2.98. The molecule has 0 saturated heterocycles. The van der Waals surface area contributed by atoms with Crippen molar-refractivity contribution in [2.45, 2.75) is 4.90 Å². The summed E-state index contributed by atoms with van der Waals surface area (Å²) in [4.78, 5) is 14.2. The van der Waals surface area contributed by atoms with Crippen molar-refractivity contribution < 1.29 is 27.4 Å². The number of aromatic nitrogens is 1. The maximum Gasteiger partial charge on any atom is 0.338 e. The highest BCUT2D eigenvalue weighted by Crippen LogP contribution is 2.29. The van der Waals surface area contributed by atoms with Crippen LogP contribution >= 0.6 is 11.6 Å². The van der Waals surface area contributed by atoms with Gasteiger partial charge in [-0.05, 0) is 24.3 Å². The summed E-state index contributed by atoms with van der Waals surface area (Å²) in [5.74, 6) is -2.75. The van der Waals surface area contributed by atoms with Gasteiger partial charge in [-0.25, -0.2) is 22.6 Å². The SMILES string of the molecule is COc1ncccc1NS(=O)(=O)c1cc(C(=O)O)c(F)cc1Cl. The molecular formula is C13H10ClFN2O5S. The Balaban J connectivity index is 2.52. The topological polar surface area (TPSA) is 106 Å². The van der Waals surface area contributed by atoms with E-state index in [4.69, 9.17) is 21.4 Å². The van der Waals surface area contributed by atoms with Gasteiger partial charge in [0.25, 0.3) is 10.0 Å². The van der Waals surface area contributed by atoms with Crippen LogP contribution in [-0.4, -0.2) is 31.6 Å². The number of sulfonamides is 1. The van der Waals surface area contributed by atoms with Gasteiger partial charge >= 0.3 is 5.97 Å². The number of hydrogen-bond acceptors (Lipinski definition) is 5. The minimum absolute atomic E-state index is 0.00719. The van der Waals surface area contributed by atoms with Crippen molar-refractivity contribution in [2.24, 2.45) is 0 Å². The van der Waals surface area contributed by atoms with E-state index in [0.717, 1.165) is 0 Å². The molecule has 1 aromatic heterocycles. The van der Waals surface area contributed by atoms with Crippen molar-refractivity contribution >= 4 is 33.3 Å². The van der Waals surface area contributed by atoms with E-state index in [1.165, 1.54) is 25.4 Å². The number of methoxy groups -OCH3 is 1. The third-order valence-corrected chi connectivity index (χ3v) is 4.58. The first-order valence-electron chi connectivity index (χ1n) is 6.00. The van der Waals surface area contributed by atoms with Crippen LogP contribution in [0.2, 0.25) is 5.02 Å². The highest BCUT2D eigenvalue weighted by atomic mass is 35.5. The van der Waals surface area contributed by atoms with Crippen molar-refractivity contribution in [3.8, 4) is 5.88 Å². The minimum Gasteiger partial charge on any atom is -0.480 e. The van der Waals surface area contributed by atoms with Crippen LogP contribution < -0.4 is 9.46 Å². The molecule has 2 aromatic rings. The van der Waals surface area contributed by atoms with E-state index < -0.39 is 37.3 Å². The van der Waals surface area contributed by atoms with Gasteiger partial charge in [-0.2, -0.15) is 0 Å². The lowest BCUT2D eigenvalue weighted by Gasteiger charge is -2.12. The number of rotatable bonds is 5. The van der Waals surface area contributed by atoms with Gasteiger partial charge in [0.1, 0.15) is 16.4 Å². The van der Waals surface area contributed by atoms with Gasteiger partial charge in [-0.15, -0.1) is 0 Å². The maximum absolute atomic E-state index is 13.5. The monoisotopic (exact) mass is 360 g/mol. The van der Waals surface area contributed by atoms with Crippen molar-refractivity contribution in [2.75, 3.05) is 11.8 Å². The Bertz CT molecular complexity index is 873. The average Bonchev–Trinajstić information content (AvgIpc) is 2.46. The number of hydrogen-bond donors (Lipinski definition) is 2. The summed E-state index contributed by atoms with van der Waals surface area (Å²) in [6.07, 6.45) is 1.39. The van der Waals surface area contributed by atoms with Gasteiger partial charge in [0.15, 0.2) is 0 Å². The van der Waals surface area contributed by atoms with E-state index in [9.17, 15) is 17.6 Å². The van der Waals surface area contributed by atoms with Crippen LogP contribution in [0, 0.1) is 5.82 Å². The molecule has 0 atom stereocenters. The molecule has 122 valence electrons. The fourth-order valence-corrected chi connectivity index (χ4v) is 3.33. The zero-order chi connectivity index (χ0) is 17.2. The molecule has 0 aliphatic carbocycles. The third kappa shape index (κ3) is 3.51. The molecule has 0 bridgehead atoms. The van der Waals surface area contributed by atoms with E-state index in [2.05, 4.69) is 9.71 Å². The number of aromatic carboxylic acids is 1. The molecule has 7 nitrogen and oxygen atoms in total. The smallest absolute Gasteiger partial charge is 0.338 e. The molecular weight excluding hydrogens is 351 g/mol. The zero-order valence-corrected chi connectivity index (χ0v) is 13.2. The molecule has 0 unspecified atom stereocenters. The van der Waals surface area contributed by atoms with Crippen molar-refractivity contribution in [3.05, 3.63) is 46.9 Å². The number of carbonyl (C=O) groups is 1. The lowest BCUT2D eigenvalue weighted by atomic mass is 10.2. The summed E-state index contributed by atoms with van der Waals surface area (Å²) in [5.41, 5.74) is -0.791. The molecule has 1 heterocycles. The normalized spacial score (nSPS) is 11.1. The van der Waals surface area contributed by atoms with Crippen molar-refractivity contribution in [1.82, 2.24) is 4.98 Å². The molecule has 0 aliphatic heterocycles. The van der Waals surface area contributed by atoms with E-state index in [1.807, 2.05) is 0 Å². The van der Waals surface area contributed by atoms with Crippen LogP contribution in [0.25, 0.3) is 0 Å². The molecule has 0 saturated carbocycles. The largest absolute Gasteiger partial charge is 0.480 e. The Labute approximate surface area is 135 Å². The number of anilines is 1. The number of halogens is 2. The Kier molecular flexibility index (Phi) is 4.71. The van der Waals surface area contributed by atoms with Gasteiger partial charge in [-0.1, -0.05) is 11.6 Å². The van der Waals surface area contributed by atoms with Gasteiger partial charge in [0.2, 0.25) is 5.88 Å². The Morgan fingerprint density at radius 1 is 1.43 bits per heavy atom. The first-order valence-corrected chi connectivity index (χ1v) is 7.86. The van der Waals surface area contributed by atoms with Crippen LogP contribution in [0.4, 0.5) is 10.1 Å². The van der Waals surface area contributed by atoms with Crippen molar-refractivity contribution in [1.29, 1.82) is 0 Å². The van der Waals surface area contributed by atoms with Gasteiger partial charge < -0.3 is 9.84 Å². The van der Waals surface area contributed by atoms with Crippen LogP contribution in [0.15, 0.2) is 35.4 Å². The predicted molar refractivity (Wildman–Crippen MR) is 80.0 cm³/mol. The van der Waals surface area contributed by atoms with Crippen LogP contribution in [-0.2, 0) is 10.0 Å². The van der Waals surface area contributed by atoms with Gasteiger partial charge in [0.05, 0.1) is 17.7 Å². The predicted octanol–water partition coefficient (Wildman–Crippen LogP) is 2.38. The fourth-order valence-electron chi connectivity index (χ4n) is 1.73. The molecule has 1 aromatic carbocycles. The molecule has 0 spiro atoms. The summed E-state index contributed by atoms with van der Waals surface area (Å²) < 4.78 is 45.3. The summed E-state index contributed by atoms with van der Waals surface area (Å²) in [5, 5.41) is 8.43. The molecule has 23 heavy (non-hydrogen) atoms. The summed E-state index contributed by atoms with van der Waals surface area (Å²) >= 11 is 5.73. The second-order valence-electron chi connectivity index (χ2n) is 4.23. The Morgan fingerprint density at radius 3 is 2.74 bits per heavy atom. The molecule has 0 amide bonds. The van der Waals surface area contributed by atoms with Crippen molar-refractivity contribution in [3.63, 3.8) is 0 Å². The molecule has 2 rings (SSSR count). The Hall–Kier alpha value is -2.39. The maximum atomic E-state index is 13.5. The van der Waals surface area contributed by atoms with E-state index >= 15 is 0 Å². The number of carboxylic acid groups (broad SMARTS) is 1. The minimum atomic E-state index is -4.28.